The van der Waals surface area contributed by atoms with E-state index in [0.29, 0.717) is 32.1 Å². The third kappa shape index (κ3) is 8.12. The van der Waals surface area contributed by atoms with Crippen LogP contribution in [0.3, 0.4) is 0 Å². The summed E-state index contributed by atoms with van der Waals surface area (Å²) in [6.45, 7) is 4.37. The Morgan fingerprint density at radius 2 is 2.37 bits per heavy atom. The van der Waals surface area contributed by atoms with Crippen LogP contribution in [0.4, 0.5) is 0 Å². The Kier molecular flexibility index (Phi) is 8.29. The summed E-state index contributed by atoms with van der Waals surface area (Å²) in [5.74, 6) is 0.672. The molecule has 114 valence electrons. The van der Waals surface area contributed by atoms with Crippen molar-refractivity contribution in [2.75, 3.05) is 44.9 Å². The molecule has 0 amide bonds. The molecule has 0 spiro atoms. The fraction of sp³-hybridized carbons (Fsp3) is 1.00. The Morgan fingerprint density at radius 3 is 3.00 bits per heavy atom. The van der Waals surface area contributed by atoms with Crippen molar-refractivity contribution in [1.29, 1.82) is 0 Å². The van der Waals surface area contributed by atoms with E-state index in [1.165, 1.54) is 0 Å². The lowest BCUT2D eigenvalue weighted by molar-refractivity contribution is -0.0176. The van der Waals surface area contributed by atoms with E-state index >= 15 is 0 Å². The minimum Gasteiger partial charge on any atom is -0.389 e. The molecule has 0 aromatic carbocycles. The van der Waals surface area contributed by atoms with Gasteiger partial charge in [0.15, 0.2) is 0 Å². The molecule has 1 aliphatic rings. The second-order valence-electron chi connectivity index (χ2n) is 5.39. The van der Waals surface area contributed by atoms with E-state index in [1.54, 1.807) is 18.7 Å². The molecule has 3 unspecified atom stereocenters. The number of hydrogen-bond acceptors (Lipinski definition) is 6. The quantitative estimate of drug-likeness (QED) is 0.536. The van der Waals surface area contributed by atoms with Crippen LogP contribution in [0.5, 0.6) is 0 Å². The monoisotopic (exact) mass is 293 g/mol. The first-order chi connectivity index (χ1) is 9.03. The largest absolute Gasteiger partial charge is 0.389 e. The van der Waals surface area contributed by atoms with Crippen LogP contribution in [-0.4, -0.2) is 72.9 Å². The standard InChI is InChI=1S/C13H27NO4S/c1-13(16,10-19-2)9-14-6-11(15)7-17-8-12-4-3-5-18-12/h11-12,14-16H,3-10H2,1-2H3. The van der Waals surface area contributed by atoms with Crippen molar-refractivity contribution < 1.29 is 19.7 Å². The van der Waals surface area contributed by atoms with Crippen LogP contribution in [0.1, 0.15) is 19.8 Å². The van der Waals surface area contributed by atoms with Gasteiger partial charge in [-0.15, -0.1) is 0 Å². The molecular weight excluding hydrogens is 266 g/mol. The summed E-state index contributed by atoms with van der Waals surface area (Å²) >= 11 is 1.60. The molecule has 0 aromatic heterocycles. The highest BCUT2D eigenvalue weighted by atomic mass is 32.2. The van der Waals surface area contributed by atoms with Gasteiger partial charge in [-0.05, 0) is 26.0 Å². The highest BCUT2D eigenvalue weighted by Gasteiger charge is 2.20. The summed E-state index contributed by atoms with van der Waals surface area (Å²) in [7, 11) is 0. The zero-order chi connectivity index (χ0) is 14.1. The van der Waals surface area contributed by atoms with Gasteiger partial charge < -0.3 is 25.0 Å². The first-order valence-electron chi connectivity index (χ1n) is 6.83. The van der Waals surface area contributed by atoms with Crippen LogP contribution in [-0.2, 0) is 9.47 Å². The highest BCUT2D eigenvalue weighted by Crippen LogP contribution is 2.12. The molecule has 1 fully saturated rings. The van der Waals surface area contributed by atoms with Gasteiger partial charge in [-0.3, -0.25) is 0 Å². The maximum atomic E-state index is 9.93. The fourth-order valence-electron chi connectivity index (χ4n) is 2.04. The van der Waals surface area contributed by atoms with Gasteiger partial charge in [0.2, 0.25) is 0 Å². The molecular formula is C13H27NO4S. The Balaban J connectivity index is 1.99. The van der Waals surface area contributed by atoms with Crippen LogP contribution >= 0.6 is 11.8 Å². The van der Waals surface area contributed by atoms with Crippen LogP contribution in [0.25, 0.3) is 0 Å². The number of aliphatic hydroxyl groups is 2. The summed E-state index contributed by atoms with van der Waals surface area (Å²) in [6, 6.07) is 0. The number of hydrogen-bond donors (Lipinski definition) is 3. The minimum atomic E-state index is -0.738. The Bertz CT molecular complexity index is 235. The van der Waals surface area contributed by atoms with E-state index < -0.39 is 11.7 Å². The van der Waals surface area contributed by atoms with Crippen molar-refractivity contribution in [1.82, 2.24) is 5.32 Å². The number of thioether (sulfide) groups is 1. The third-order valence-electron chi connectivity index (χ3n) is 2.98. The predicted octanol–water partition coefficient (Wildman–Crippen LogP) is 0.246. The SMILES string of the molecule is CSCC(C)(O)CNCC(O)COCC1CCCO1. The summed E-state index contributed by atoms with van der Waals surface area (Å²) < 4.78 is 10.9. The summed E-state index contributed by atoms with van der Waals surface area (Å²) in [6.07, 6.45) is 3.76. The van der Waals surface area contributed by atoms with Crippen LogP contribution in [0, 0.1) is 0 Å². The molecule has 5 nitrogen and oxygen atoms in total. The molecule has 3 N–H and O–H groups in total. The van der Waals surface area contributed by atoms with Crippen molar-refractivity contribution in [2.45, 2.75) is 37.6 Å². The Morgan fingerprint density at radius 1 is 1.58 bits per heavy atom. The van der Waals surface area contributed by atoms with E-state index in [9.17, 15) is 10.2 Å². The number of ether oxygens (including phenoxy) is 2. The van der Waals surface area contributed by atoms with Gasteiger partial charge >= 0.3 is 0 Å². The molecule has 0 bridgehead atoms. The Labute approximate surface area is 120 Å². The zero-order valence-electron chi connectivity index (χ0n) is 11.9. The molecule has 3 atom stereocenters. The van der Waals surface area contributed by atoms with Crippen molar-refractivity contribution in [2.24, 2.45) is 0 Å². The van der Waals surface area contributed by atoms with Gasteiger partial charge in [0.1, 0.15) is 0 Å². The van der Waals surface area contributed by atoms with E-state index in [0.717, 1.165) is 19.4 Å². The van der Waals surface area contributed by atoms with Crippen LogP contribution in [0.15, 0.2) is 0 Å². The number of rotatable bonds is 10. The zero-order valence-corrected chi connectivity index (χ0v) is 12.7. The molecule has 0 aromatic rings. The molecule has 19 heavy (non-hydrogen) atoms. The fourth-order valence-corrected chi connectivity index (χ4v) is 2.76. The first kappa shape index (κ1) is 17.2. The molecule has 1 heterocycles. The third-order valence-corrected chi connectivity index (χ3v) is 3.89. The normalized spacial score (nSPS) is 24.3. The second-order valence-corrected chi connectivity index (χ2v) is 6.25. The van der Waals surface area contributed by atoms with Gasteiger partial charge in [0, 0.05) is 25.4 Å². The van der Waals surface area contributed by atoms with Crippen LogP contribution < -0.4 is 5.32 Å². The van der Waals surface area contributed by atoms with Gasteiger partial charge in [-0.2, -0.15) is 11.8 Å². The van der Waals surface area contributed by atoms with Crippen molar-refractivity contribution >= 4 is 11.8 Å². The first-order valence-corrected chi connectivity index (χ1v) is 8.22. The van der Waals surface area contributed by atoms with E-state index in [1.807, 2.05) is 6.26 Å². The lowest BCUT2D eigenvalue weighted by atomic mass is 10.1. The molecule has 6 heteroatoms. The van der Waals surface area contributed by atoms with Gasteiger partial charge in [0.05, 0.1) is 31.0 Å². The van der Waals surface area contributed by atoms with E-state index in [2.05, 4.69) is 5.32 Å². The van der Waals surface area contributed by atoms with Gasteiger partial charge in [-0.25, -0.2) is 0 Å². The average molecular weight is 293 g/mol. The maximum Gasteiger partial charge on any atom is 0.0897 e. The maximum absolute atomic E-state index is 9.93. The average Bonchev–Trinajstić information content (AvgIpc) is 2.81. The molecule has 1 saturated heterocycles. The summed E-state index contributed by atoms with van der Waals surface area (Å²) in [5.41, 5.74) is -0.738. The van der Waals surface area contributed by atoms with Crippen molar-refractivity contribution in [3.05, 3.63) is 0 Å². The number of aliphatic hydroxyl groups excluding tert-OH is 1. The lowest BCUT2D eigenvalue weighted by Gasteiger charge is -2.23. The smallest absolute Gasteiger partial charge is 0.0897 e. The molecule has 0 saturated carbocycles. The summed E-state index contributed by atoms with van der Waals surface area (Å²) in [5, 5.41) is 22.7. The highest BCUT2D eigenvalue weighted by molar-refractivity contribution is 7.98. The second kappa shape index (κ2) is 9.15. The Hall–Kier alpha value is 0.150. The minimum absolute atomic E-state index is 0.197. The van der Waals surface area contributed by atoms with E-state index in [-0.39, 0.29) is 6.10 Å². The van der Waals surface area contributed by atoms with Crippen molar-refractivity contribution in [3.8, 4) is 0 Å². The molecule has 1 rings (SSSR count). The van der Waals surface area contributed by atoms with E-state index in [4.69, 9.17) is 9.47 Å². The summed E-state index contributed by atoms with van der Waals surface area (Å²) in [4.78, 5) is 0. The van der Waals surface area contributed by atoms with Crippen LogP contribution in [0.2, 0.25) is 0 Å². The van der Waals surface area contributed by atoms with Gasteiger partial charge in [0.25, 0.3) is 0 Å². The topological polar surface area (TPSA) is 71.0 Å². The predicted molar refractivity (Wildman–Crippen MR) is 77.7 cm³/mol. The lowest BCUT2D eigenvalue weighted by Crippen LogP contribution is -2.43. The molecule has 0 aliphatic carbocycles. The molecule has 1 aliphatic heterocycles. The van der Waals surface area contributed by atoms with Crippen molar-refractivity contribution in [3.63, 3.8) is 0 Å². The molecule has 0 radical (unpaired) electrons. The van der Waals surface area contributed by atoms with Gasteiger partial charge in [-0.1, -0.05) is 0 Å². The number of nitrogens with one attached hydrogen (secondary N) is 1.